The maximum absolute atomic E-state index is 14.8. The Morgan fingerprint density at radius 1 is 0.625 bits per heavy atom. The number of benzene rings is 2. The molecule has 7 N–H and O–H groups in total. The predicted molar refractivity (Wildman–Crippen MR) is 274 cm³/mol. The van der Waals surface area contributed by atoms with Gasteiger partial charge in [-0.1, -0.05) is 102 Å². The van der Waals surface area contributed by atoms with Crippen LogP contribution in [0.2, 0.25) is 0 Å². The summed E-state index contributed by atoms with van der Waals surface area (Å²) >= 11 is 0. The van der Waals surface area contributed by atoms with Crippen LogP contribution in [-0.2, 0) is 65.4 Å². The van der Waals surface area contributed by atoms with E-state index < -0.39 is 126 Å². The minimum Gasteiger partial charge on any atom is -0.458 e. The van der Waals surface area contributed by atoms with Crippen LogP contribution in [0.5, 0.6) is 0 Å². The number of carbonyl (C=O) groups is 8. The topological polar surface area (TPSA) is 248 Å². The molecule has 72 heavy (non-hydrogen) atoms. The molecule has 3 rings (SSSR count). The first-order valence-electron chi connectivity index (χ1n) is 25.3. The Balaban J connectivity index is 2.29. The molecule has 18 nitrogen and oxygen atoms in total. The molecular weight excluding hydrogens is 923 g/mol. The fraction of sp³-hybridized carbons (Fsp3) is 0.630. The number of amides is 7. The first-order valence-corrected chi connectivity index (χ1v) is 25.3. The van der Waals surface area contributed by atoms with Gasteiger partial charge >= 0.3 is 5.97 Å². The fourth-order valence-corrected chi connectivity index (χ4v) is 7.85. The third kappa shape index (κ3) is 20.7. The van der Waals surface area contributed by atoms with Crippen LogP contribution >= 0.6 is 0 Å². The Kier molecular flexibility index (Phi) is 23.3. The Morgan fingerprint density at radius 3 is 1.62 bits per heavy atom. The van der Waals surface area contributed by atoms with Crippen molar-refractivity contribution in [3.8, 4) is 0 Å². The highest BCUT2D eigenvalue weighted by Gasteiger charge is 2.40. The molecule has 1 fully saturated rings. The van der Waals surface area contributed by atoms with Gasteiger partial charge < -0.3 is 51.4 Å². The molecule has 0 unspecified atom stereocenters. The summed E-state index contributed by atoms with van der Waals surface area (Å²) in [6, 6.07) is 8.20. The first-order chi connectivity index (χ1) is 33.6. The highest BCUT2D eigenvalue weighted by atomic mass is 16.6. The van der Waals surface area contributed by atoms with Gasteiger partial charge in [-0.2, -0.15) is 0 Å². The zero-order valence-corrected chi connectivity index (χ0v) is 44.9. The molecule has 1 aliphatic heterocycles. The third-order valence-corrected chi connectivity index (χ3v) is 11.8. The Morgan fingerprint density at radius 2 is 1.11 bits per heavy atom. The minimum atomic E-state index is -1.70. The van der Waals surface area contributed by atoms with Crippen molar-refractivity contribution >= 4 is 47.3 Å². The van der Waals surface area contributed by atoms with E-state index in [-0.39, 0.29) is 37.5 Å². The van der Waals surface area contributed by atoms with Crippen LogP contribution in [0.1, 0.15) is 127 Å². The fourth-order valence-electron chi connectivity index (χ4n) is 7.85. The second-order valence-corrected chi connectivity index (χ2v) is 21.7. The molecule has 18 heteroatoms. The molecule has 10 atom stereocenters. The number of nitrogens with one attached hydrogen (secondary N) is 7. The van der Waals surface area contributed by atoms with Crippen molar-refractivity contribution in [1.29, 1.82) is 0 Å². The van der Waals surface area contributed by atoms with E-state index in [4.69, 9.17) is 14.2 Å². The summed E-state index contributed by atoms with van der Waals surface area (Å²) in [7, 11) is 0. The van der Waals surface area contributed by atoms with E-state index in [1.807, 2.05) is 40.7 Å². The Hall–Kier alpha value is -5.88. The average Bonchev–Trinajstić information content (AvgIpc) is 3.28. The molecule has 0 spiro atoms. The number of esters is 1. The van der Waals surface area contributed by atoms with Crippen molar-refractivity contribution in [3.63, 3.8) is 0 Å². The van der Waals surface area contributed by atoms with Gasteiger partial charge in [-0.05, 0) is 97.6 Å². The molecule has 2 aromatic rings. The van der Waals surface area contributed by atoms with Gasteiger partial charge in [-0.15, -0.1) is 0 Å². The summed E-state index contributed by atoms with van der Waals surface area (Å²) in [6.07, 6.45) is -1.78. The summed E-state index contributed by atoms with van der Waals surface area (Å²) < 4.78 is 18.2. The van der Waals surface area contributed by atoms with Gasteiger partial charge in [0.2, 0.25) is 41.4 Å². The van der Waals surface area contributed by atoms with Gasteiger partial charge in [0.25, 0.3) is 0 Å². The SMILES string of the molecule is CC[C@H](C)C(=O)N[C@H](Cc1ccccc1)C(=O)N[C@@H]1C(=O)N[C@H](CC(C)C)C(=O)N[C@H](Cc2ccccc2)C(=O)N[C@H](CC(C)C)C(=O)N[C@@H]([C@@H](C)OC(C)(C)C)C(=O)N[C@@H](COC(C)(C)C)C(=O)O[C@@H]1C. The van der Waals surface area contributed by atoms with E-state index in [2.05, 4.69) is 37.2 Å². The predicted octanol–water partition coefficient (Wildman–Crippen LogP) is 3.97. The molecule has 0 saturated carbocycles. The molecule has 7 amide bonds. The molecule has 0 aliphatic carbocycles. The number of hydrogen-bond donors (Lipinski definition) is 7. The molecule has 1 aliphatic rings. The lowest BCUT2D eigenvalue weighted by molar-refractivity contribution is -0.160. The molecule has 0 bridgehead atoms. The number of cyclic esters (lactones) is 1. The molecule has 0 aromatic heterocycles. The summed E-state index contributed by atoms with van der Waals surface area (Å²) in [5.41, 5.74) is -0.242. The van der Waals surface area contributed by atoms with Crippen molar-refractivity contribution in [2.24, 2.45) is 17.8 Å². The molecule has 400 valence electrons. The van der Waals surface area contributed by atoms with Crippen LogP contribution in [0, 0.1) is 17.8 Å². The van der Waals surface area contributed by atoms with Crippen molar-refractivity contribution in [1.82, 2.24) is 37.2 Å². The molecular formula is C54H83N7O11. The zero-order chi connectivity index (χ0) is 54.1. The van der Waals surface area contributed by atoms with E-state index in [1.165, 1.54) is 6.92 Å². The number of rotatable bonds is 17. The molecule has 1 saturated heterocycles. The molecule has 2 aromatic carbocycles. The van der Waals surface area contributed by atoms with Crippen molar-refractivity contribution in [2.45, 2.75) is 195 Å². The van der Waals surface area contributed by atoms with Gasteiger partial charge in [0, 0.05) is 18.8 Å². The maximum atomic E-state index is 14.8. The van der Waals surface area contributed by atoms with E-state index in [9.17, 15) is 38.4 Å². The quantitative estimate of drug-likeness (QED) is 0.112. The van der Waals surface area contributed by atoms with Gasteiger partial charge in [0.1, 0.15) is 42.4 Å². The minimum absolute atomic E-state index is 0.00682. The lowest BCUT2D eigenvalue weighted by Crippen LogP contribution is -2.62. The summed E-state index contributed by atoms with van der Waals surface area (Å²) in [5.74, 6) is -6.98. The lowest BCUT2D eigenvalue weighted by Gasteiger charge is -2.33. The van der Waals surface area contributed by atoms with Crippen LogP contribution < -0.4 is 37.2 Å². The van der Waals surface area contributed by atoms with Crippen LogP contribution in [0.15, 0.2) is 60.7 Å². The highest BCUT2D eigenvalue weighted by molar-refractivity contribution is 5.98. The normalized spacial score (nSPS) is 23.6. The van der Waals surface area contributed by atoms with E-state index >= 15 is 0 Å². The number of hydrogen-bond acceptors (Lipinski definition) is 11. The van der Waals surface area contributed by atoms with Crippen molar-refractivity contribution < 1.29 is 52.6 Å². The smallest absolute Gasteiger partial charge is 0.331 e. The Bertz CT molecular complexity index is 2120. The van der Waals surface area contributed by atoms with Crippen molar-refractivity contribution in [2.75, 3.05) is 6.61 Å². The summed E-state index contributed by atoms with van der Waals surface area (Å²) in [5, 5.41) is 19.4. The van der Waals surface area contributed by atoms with E-state index in [1.54, 1.807) is 110 Å². The molecule has 1 heterocycles. The summed E-state index contributed by atoms with van der Waals surface area (Å²) in [4.78, 5) is 115. The van der Waals surface area contributed by atoms with Gasteiger partial charge in [0.15, 0.2) is 6.04 Å². The Labute approximate surface area is 426 Å². The monoisotopic (exact) mass is 1010 g/mol. The number of carbonyl (C=O) groups excluding carboxylic acids is 8. The van der Waals surface area contributed by atoms with E-state index in [0.717, 1.165) is 0 Å². The van der Waals surface area contributed by atoms with Crippen molar-refractivity contribution in [3.05, 3.63) is 71.8 Å². The maximum Gasteiger partial charge on any atom is 0.331 e. The van der Waals surface area contributed by atoms with Gasteiger partial charge in [0.05, 0.1) is 23.9 Å². The van der Waals surface area contributed by atoms with Crippen LogP contribution in [0.3, 0.4) is 0 Å². The van der Waals surface area contributed by atoms with Crippen LogP contribution in [0.4, 0.5) is 0 Å². The van der Waals surface area contributed by atoms with Crippen LogP contribution in [-0.4, -0.2) is 120 Å². The first kappa shape index (κ1) is 60.4. The highest BCUT2D eigenvalue weighted by Crippen LogP contribution is 2.18. The van der Waals surface area contributed by atoms with Gasteiger partial charge in [-0.3, -0.25) is 33.6 Å². The largest absolute Gasteiger partial charge is 0.458 e. The zero-order valence-electron chi connectivity index (χ0n) is 44.9. The third-order valence-electron chi connectivity index (χ3n) is 11.8. The standard InChI is InChI=1S/C54H83N7O11/c1-15-33(6)45(62)55-41(29-37-24-20-17-21-25-37)49(66)60-43-34(7)71-52(69)42(30-70-53(9,10)11)59-51(68)44(35(8)72-54(12,13)14)61-48(65)39(27-32(4)5)56-47(64)40(28-36-22-18-16-19-23-36)57-46(63)38(26-31(2)3)58-50(43)67/h16-25,31-35,38-44H,15,26-30H2,1-14H3,(H,55,62)(H,56,64)(H,57,63)(H,58,67)(H,59,68)(H,60,66)(H,61,65)/t33-,34+,35+,38+,39+,40+,41+,42-,43-,44-/m0/s1. The average molecular weight is 1010 g/mol. The van der Waals surface area contributed by atoms with Gasteiger partial charge in [-0.25, -0.2) is 4.79 Å². The molecule has 0 radical (unpaired) electrons. The van der Waals surface area contributed by atoms with Crippen LogP contribution in [0.25, 0.3) is 0 Å². The number of ether oxygens (including phenoxy) is 3. The second kappa shape index (κ2) is 27.8. The second-order valence-electron chi connectivity index (χ2n) is 21.7. The van der Waals surface area contributed by atoms with E-state index in [0.29, 0.717) is 17.5 Å². The lowest BCUT2D eigenvalue weighted by atomic mass is 9.99. The summed E-state index contributed by atoms with van der Waals surface area (Å²) in [6.45, 7) is 24.0.